The fourth-order valence-electron chi connectivity index (χ4n) is 1.56. The van der Waals surface area contributed by atoms with Crippen molar-refractivity contribution in [1.82, 2.24) is 4.98 Å². The molecule has 0 aliphatic heterocycles. The summed E-state index contributed by atoms with van der Waals surface area (Å²) in [5.41, 5.74) is 8.60. The van der Waals surface area contributed by atoms with Crippen LogP contribution in [0.4, 0.5) is 5.00 Å². The number of rotatable bonds is 2. The number of methoxy groups -OCH3 is 1. The zero-order chi connectivity index (χ0) is 12.6. The topological polar surface area (TPSA) is 65.2 Å². The fraction of sp³-hybridized carbons (Fsp3) is 0.273. The number of carbonyl (C=O) groups excluding carboxylic acids is 1. The second-order valence-corrected chi connectivity index (χ2v) is 5.49. The van der Waals surface area contributed by atoms with Crippen LogP contribution in [0.5, 0.6) is 0 Å². The average Bonchev–Trinajstić information content (AvgIpc) is 2.82. The Balaban J connectivity index is 2.56. The molecular weight excluding hydrogens is 256 g/mol. The van der Waals surface area contributed by atoms with Gasteiger partial charge in [-0.1, -0.05) is 0 Å². The van der Waals surface area contributed by atoms with E-state index in [4.69, 9.17) is 10.5 Å². The van der Waals surface area contributed by atoms with E-state index in [-0.39, 0.29) is 5.97 Å². The van der Waals surface area contributed by atoms with Gasteiger partial charge in [-0.15, -0.1) is 22.7 Å². The zero-order valence-electron chi connectivity index (χ0n) is 9.73. The number of nitrogens with two attached hydrogens (primary N) is 1. The summed E-state index contributed by atoms with van der Waals surface area (Å²) in [4.78, 5) is 16.5. The van der Waals surface area contributed by atoms with E-state index in [9.17, 15) is 4.79 Å². The van der Waals surface area contributed by atoms with Crippen molar-refractivity contribution in [2.75, 3.05) is 12.8 Å². The Bertz CT molecular complexity index is 572. The molecule has 0 fully saturated rings. The molecule has 90 valence electrons. The van der Waals surface area contributed by atoms with Crippen molar-refractivity contribution in [2.45, 2.75) is 13.8 Å². The molecule has 0 aliphatic carbocycles. The highest BCUT2D eigenvalue weighted by atomic mass is 32.1. The Morgan fingerprint density at radius 3 is 2.71 bits per heavy atom. The van der Waals surface area contributed by atoms with Crippen LogP contribution in [-0.2, 0) is 4.74 Å². The Labute approximate surface area is 107 Å². The minimum absolute atomic E-state index is 0.348. The van der Waals surface area contributed by atoms with Gasteiger partial charge in [0.2, 0.25) is 0 Å². The van der Waals surface area contributed by atoms with Crippen molar-refractivity contribution >= 4 is 33.6 Å². The van der Waals surface area contributed by atoms with Gasteiger partial charge >= 0.3 is 5.97 Å². The number of aryl methyl sites for hydroxylation is 1. The second-order valence-electron chi connectivity index (χ2n) is 3.58. The van der Waals surface area contributed by atoms with Crippen LogP contribution in [-0.4, -0.2) is 18.1 Å². The van der Waals surface area contributed by atoms with Crippen LogP contribution in [0.1, 0.15) is 20.9 Å². The van der Waals surface area contributed by atoms with Gasteiger partial charge < -0.3 is 10.5 Å². The number of hydrogen-bond acceptors (Lipinski definition) is 6. The summed E-state index contributed by atoms with van der Waals surface area (Å²) >= 11 is 2.77. The number of nitrogens with zero attached hydrogens (tertiary/aromatic N) is 1. The Kier molecular flexibility index (Phi) is 3.17. The molecule has 2 N–H and O–H groups in total. The highest BCUT2D eigenvalue weighted by Crippen LogP contribution is 2.39. The van der Waals surface area contributed by atoms with Crippen molar-refractivity contribution in [2.24, 2.45) is 0 Å². The van der Waals surface area contributed by atoms with Crippen LogP contribution in [0.2, 0.25) is 0 Å². The van der Waals surface area contributed by atoms with E-state index in [0.717, 1.165) is 21.8 Å². The van der Waals surface area contributed by atoms with E-state index in [1.54, 1.807) is 0 Å². The molecule has 0 saturated carbocycles. The smallest absolute Gasteiger partial charge is 0.348 e. The maximum atomic E-state index is 11.6. The number of carbonyl (C=O) groups is 1. The van der Waals surface area contributed by atoms with Gasteiger partial charge in [-0.25, -0.2) is 9.78 Å². The number of anilines is 1. The molecule has 4 nitrogen and oxygen atoms in total. The third-order valence-electron chi connectivity index (χ3n) is 2.38. The van der Waals surface area contributed by atoms with E-state index in [0.29, 0.717) is 9.88 Å². The fourth-order valence-corrected chi connectivity index (χ4v) is 3.53. The quantitative estimate of drug-likeness (QED) is 0.851. The molecular formula is C11H12N2O2S2. The van der Waals surface area contributed by atoms with E-state index in [1.807, 2.05) is 19.2 Å². The summed E-state index contributed by atoms with van der Waals surface area (Å²) in [7, 11) is 1.37. The van der Waals surface area contributed by atoms with Gasteiger partial charge in [0, 0.05) is 16.6 Å². The first-order chi connectivity index (χ1) is 8.04. The maximum Gasteiger partial charge on any atom is 0.348 e. The Morgan fingerprint density at radius 2 is 2.18 bits per heavy atom. The van der Waals surface area contributed by atoms with Crippen molar-refractivity contribution < 1.29 is 9.53 Å². The van der Waals surface area contributed by atoms with E-state index in [1.165, 1.54) is 29.8 Å². The first-order valence-corrected chi connectivity index (χ1v) is 6.64. The SMILES string of the molecule is COC(=O)c1sc(N)c(-c2nc(C)cs2)c1C. The molecule has 0 atom stereocenters. The van der Waals surface area contributed by atoms with Crippen LogP contribution in [0.15, 0.2) is 5.38 Å². The molecule has 17 heavy (non-hydrogen) atoms. The molecule has 2 aromatic rings. The summed E-state index contributed by atoms with van der Waals surface area (Å²) in [5.74, 6) is -0.348. The van der Waals surface area contributed by atoms with E-state index >= 15 is 0 Å². The van der Waals surface area contributed by atoms with Gasteiger partial charge in [0.15, 0.2) is 0 Å². The van der Waals surface area contributed by atoms with Crippen LogP contribution in [0, 0.1) is 13.8 Å². The first kappa shape index (κ1) is 12.1. The van der Waals surface area contributed by atoms with Gasteiger partial charge in [-0.05, 0) is 19.4 Å². The second kappa shape index (κ2) is 4.46. The molecule has 2 aromatic heterocycles. The van der Waals surface area contributed by atoms with Crippen LogP contribution in [0.3, 0.4) is 0 Å². The number of hydrogen-bond donors (Lipinski definition) is 1. The molecule has 2 rings (SSSR count). The summed E-state index contributed by atoms with van der Waals surface area (Å²) in [5, 5.41) is 3.42. The number of aromatic nitrogens is 1. The van der Waals surface area contributed by atoms with Gasteiger partial charge in [-0.3, -0.25) is 0 Å². The third-order valence-corrected chi connectivity index (χ3v) is 4.46. The molecule has 0 aliphatic rings. The number of esters is 1. The first-order valence-electron chi connectivity index (χ1n) is 4.94. The van der Waals surface area contributed by atoms with Gasteiger partial charge in [-0.2, -0.15) is 0 Å². The highest BCUT2D eigenvalue weighted by Gasteiger charge is 2.21. The summed E-state index contributed by atoms with van der Waals surface area (Å²) < 4.78 is 4.73. The predicted octanol–water partition coefficient (Wildman–Crippen LogP) is 2.86. The van der Waals surface area contributed by atoms with Crippen molar-refractivity contribution in [3.8, 4) is 10.6 Å². The zero-order valence-corrected chi connectivity index (χ0v) is 11.4. The monoisotopic (exact) mass is 268 g/mol. The van der Waals surface area contributed by atoms with Crippen LogP contribution < -0.4 is 5.73 Å². The van der Waals surface area contributed by atoms with Crippen molar-refractivity contribution in [3.63, 3.8) is 0 Å². The normalized spacial score (nSPS) is 10.5. The lowest BCUT2D eigenvalue weighted by Gasteiger charge is -1.98. The van der Waals surface area contributed by atoms with Gasteiger partial charge in [0.25, 0.3) is 0 Å². The lowest BCUT2D eigenvalue weighted by atomic mass is 10.1. The van der Waals surface area contributed by atoms with Crippen molar-refractivity contribution in [3.05, 3.63) is 21.5 Å². The van der Waals surface area contributed by atoms with E-state index in [2.05, 4.69) is 4.98 Å². The molecule has 0 bridgehead atoms. The number of thiophene rings is 1. The summed E-state index contributed by atoms with van der Waals surface area (Å²) in [6.07, 6.45) is 0. The molecule has 0 amide bonds. The van der Waals surface area contributed by atoms with Gasteiger partial charge in [0.05, 0.1) is 12.1 Å². The lowest BCUT2D eigenvalue weighted by Crippen LogP contribution is -1.99. The molecule has 2 heterocycles. The molecule has 0 unspecified atom stereocenters. The summed E-state index contributed by atoms with van der Waals surface area (Å²) in [6.45, 7) is 3.80. The van der Waals surface area contributed by atoms with E-state index < -0.39 is 0 Å². The largest absolute Gasteiger partial charge is 0.465 e. The Hall–Kier alpha value is -1.40. The van der Waals surface area contributed by atoms with Crippen molar-refractivity contribution in [1.29, 1.82) is 0 Å². The minimum atomic E-state index is -0.348. The number of ether oxygens (including phenoxy) is 1. The van der Waals surface area contributed by atoms with Crippen LogP contribution >= 0.6 is 22.7 Å². The average molecular weight is 268 g/mol. The third kappa shape index (κ3) is 2.05. The standard InChI is InChI=1S/C11H12N2O2S2/c1-5-4-16-10(13-5)7-6(2)8(11(14)15-3)17-9(7)12/h4H,12H2,1-3H3. The van der Waals surface area contributed by atoms with Crippen LogP contribution in [0.25, 0.3) is 10.6 Å². The molecule has 0 saturated heterocycles. The predicted molar refractivity (Wildman–Crippen MR) is 70.7 cm³/mol. The molecule has 0 radical (unpaired) electrons. The van der Waals surface area contributed by atoms with Gasteiger partial charge in [0.1, 0.15) is 9.88 Å². The summed E-state index contributed by atoms with van der Waals surface area (Å²) in [6, 6.07) is 0. The maximum absolute atomic E-state index is 11.6. The molecule has 0 spiro atoms. The number of nitrogen functional groups attached to an aromatic ring is 1. The minimum Gasteiger partial charge on any atom is -0.465 e. The molecule has 6 heteroatoms. The number of thiazole rings is 1. The lowest BCUT2D eigenvalue weighted by molar-refractivity contribution is 0.0605. The highest BCUT2D eigenvalue weighted by molar-refractivity contribution is 7.19. The Morgan fingerprint density at radius 1 is 1.47 bits per heavy atom. The molecule has 0 aromatic carbocycles.